The molecule has 1 rings (SSSR count). The van der Waals surface area contributed by atoms with Crippen LogP contribution in [0.2, 0.25) is 0 Å². The molecule has 18 heavy (non-hydrogen) atoms. The fourth-order valence-corrected chi connectivity index (χ4v) is 0.930. The summed E-state index contributed by atoms with van der Waals surface area (Å²) in [6.07, 6.45) is 1.76. The SMILES string of the molecule is C=Cc1ccccc1OC(=C)C.CC.CC.CC. The predicted molar refractivity (Wildman–Crippen MR) is 86.0 cm³/mol. The van der Waals surface area contributed by atoms with Crippen LogP contribution in [0, 0.1) is 0 Å². The van der Waals surface area contributed by atoms with Crippen molar-refractivity contribution in [2.24, 2.45) is 0 Å². The van der Waals surface area contributed by atoms with E-state index >= 15 is 0 Å². The van der Waals surface area contributed by atoms with E-state index in [0.717, 1.165) is 11.3 Å². The topological polar surface area (TPSA) is 9.23 Å². The van der Waals surface area contributed by atoms with Crippen LogP contribution in [0.3, 0.4) is 0 Å². The van der Waals surface area contributed by atoms with Gasteiger partial charge in [-0.1, -0.05) is 79.0 Å². The molecule has 1 nitrogen and oxygen atoms in total. The van der Waals surface area contributed by atoms with Crippen LogP contribution in [0.5, 0.6) is 5.75 Å². The maximum absolute atomic E-state index is 5.37. The van der Waals surface area contributed by atoms with Crippen LogP contribution in [-0.4, -0.2) is 0 Å². The first-order chi connectivity index (χ1) is 8.74. The fraction of sp³-hybridized carbons (Fsp3) is 0.412. The van der Waals surface area contributed by atoms with Crippen molar-refractivity contribution in [3.63, 3.8) is 0 Å². The van der Waals surface area contributed by atoms with Gasteiger partial charge in [-0.3, -0.25) is 0 Å². The van der Waals surface area contributed by atoms with E-state index in [0.29, 0.717) is 5.76 Å². The van der Waals surface area contributed by atoms with Crippen LogP contribution in [0.1, 0.15) is 54.0 Å². The quantitative estimate of drug-likeness (QED) is 0.570. The summed E-state index contributed by atoms with van der Waals surface area (Å²) in [6.45, 7) is 21.2. The number of benzene rings is 1. The molecule has 0 aliphatic rings. The van der Waals surface area contributed by atoms with Crippen molar-refractivity contribution >= 4 is 6.08 Å². The second-order valence-corrected chi connectivity index (χ2v) is 2.55. The monoisotopic (exact) mass is 250 g/mol. The minimum Gasteiger partial charge on any atom is -0.462 e. The van der Waals surface area contributed by atoms with E-state index in [1.54, 1.807) is 6.08 Å². The Balaban J connectivity index is -0.000000328. The Labute approximate surface area is 114 Å². The van der Waals surface area contributed by atoms with Crippen molar-refractivity contribution in [2.75, 3.05) is 0 Å². The molecule has 1 heteroatoms. The normalized spacial score (nSPS) is 7.06. The summed E-state index contributed by atoms with van der Waals surface area (Å²) in [5.74, 6) is 1.49. The Kier molecular flexibility index (Phi) is 21.6. The van der Waals surface area contributed by atoms with Gasteiger partial charge in [0, 0.05) is 5.56 Å². The van der Waals surface area contributed by atoms with Crippen LogP contribution in [0.15, 0.2) is 43.2 Å². The van der Waals surface area contributed by atoms with E-state index in [2.05, 4.69) is 13.2 Å². The van der Waals surface area contributed by atoms with Gasteiger partial charge in [-0.15, -0.1) is 0 Å². The van der Waals surface area contributed by atoms with Crippen LogP contribution in [0.4, 0.5) is 0 Å². The molecule has 0 aromatic heterocycles. The molecule has 0 saturated carbocycles. The summed E-state index contributed by atoms with van der Waals surface area (Å²) >= 11 is 0. The highest BCUT2D eigenvalue weighted by atomic mass is 16.5. The largest absolute Gasteiger partial charge is 0.462 e. The van der Waals surface area contributed by atoms with Crippen LogP contribution in [0.25, 0.3) is 6.08 Å². The summed E-state index contributed by atoms with van der Waals surface area (Å²) in [6, 6.07) is 7.71. The molecule has 0 fully saturated rings. The second kappa shape index (κ2) is 17.9. The Morgan fingerprint density at radius 1 is 1.00 bits per heavy atom. The first-order valence-corrected chi connectivity index (χ1v) is 6.79. The smallest absolute Gasteiger partial charge is 0.134 e. The molecule has 0 amide bonds. The Bertz CT molecular complexity index is 300. The molecular weight excluding hydrogens is 220 g/mol. The van der Waals surface area contributed by atoms with E-state index in [9.17, 15) is 0 Å². The molecule has 104 valence electrons. The van der Waals surface area contributed by atoms with Crippen molar-refractivity contribution in [2.45, 2.75) is 48.5 Å². The van der Waals surface area contributed by atoms with Crippen molar-refractivity contribution in [3.8, 4) is 5.75 Å². The lowest BCUT2D eigenvalue weighted by atomic mass is 10.2. The zero-order chi connectivity index (χ0) is 15.0. The average Bonchev–Trinajstić information content (AvgIpc) is 2.45. The van der Waals surface area contributed by atoms with Gasteiger partial charge in [0.25, 0.3) is 0 Å². The molecule has 0 heterocycles. The molecule has 0 spiro atoms. The highest BCUT2D eigenvalue weighted by molar-refractivity contribution is 5.55. The lowest BCUT2D eigenvalue weighted by Gasteiger charge is -2.06. The third kappa shape index (κ3) is 11.0. The van der Waals surface area contributed by atoms with E-state index in [4.69, 9.17) is 4.74 Å². The van der Waals surface area contributed by atoms with Crippen LogP contribution < -0.4 is 4.74 Å². The van der Waals surface area contributed by atoms with Crippen LogP contribution >= 0.6 is 0 Å². The maximum atomic E-state index is 5.37. The highest BCUT2D eigenvalue weighted by Gasteiger charge is 1.97. The van der Waals surface area contributed by atoms with Gasteiger partial charge in [-0.2, -0.15) is 0 Å². The number of hydrogen-bond acceptors (Lipinski definition) is 1. The van der Waals surface area contributed by atoms with Gasteiger partial charge >= 0.3 is 0 Å². The number of hydrogen-bond donors (Lipinski definition) is 0. The maximum Gasteiger partial charge on any atom is 0.134 e. The van der Waals surface area contributed by atoms with Crippen molar-refractivity contribution in [3.05, 3.63) is 48.7 Å². The Morgan fingerprint density at radius 3 is 1.83 bits per heavy atom. The number of ether oxygens (including phenoxy) is 1. The number of rotatable bonds is 3. The summed E-state index contributed by atoms with van der Waals surface area (Å²) in [7, 11) is 0. The predicted octanol–water partition coefficient (Wildman–Crippen LogP) is 6.32. The molecule has 0 N–H and O–H groups in total. The second-order valence-electron chi connectivity index (χ2n) is 2.55. The minimum absolute atomic E-state index is 0.685. The molecule has 0 saturated heterocycles. The van der Waals surface area contributed by atoms with Gasteiger partial charge in [0.05, 0.1) is 5.76 Å². The van der Waals surface area contributed by atoms with Crippen LogP contribution in [-0.2, 0) is 0 Å². The van der Waals surface area contributed by atoms with Crippen molar-refractivity contribution in [1.29, 1.82) is 0 Å². The first-order valence-electron chi connectivity index (χ1n) is 6.79. The van der Waals surface area contributed by atoms with Gasteiger partial charge in [-0.25, -0.2) is 0 Å². The Hall–Kier alpha value is -1.50. The molecule has 0 aliphatic carbocycles. The van der Waals surface area contributed by atoms with E-state index < -0.39 is 0 Å². The third-order valence-electron chi connectivity index (χ3n) is 1.42. The average molecular weight is 250 g/mol. The molecule has 0 aliphatic heterocycles. The van der Waals surface area contributed by atoms with E-state index in [-0.39, 0.29) is 0 Å². The van der Waals surface area contributed by atoms with Crippen molar-refractivity contribution < 1.29 is 4.74 Å². The van der Waals surface area contributed by atoms with Gasteiger partial charge in [0.15, 0.2) is 0 Å². The lowest BCUT2D eigenvalue weighted by Crippen LogP contribution is -1.90. The summed E-state index contributed by atoms with van der Waals surface area (Å²) in [5.41, 5.74) is 0.987. The summed E-state index contributed by atoms with van der Waals surface area (Å²) < 4.78 is 5.37. The molecule has 0 radical (unpaired) electrons. The number of para-hydroxylation sites is 1. The van der Waals surface area contributed by atoms with Crippen molar-refractivity contribution in [1.82, 2.24) is 0 Å². The molecule has 0 unspecified atom stereocenters. The lowest BCUT2D eigenvalue weighted by molar-refractivity contribution is 0.429. The van der Waals surface area contributed by atoms with Gasteiger partial charge in [0.2, 0.25) is 0 Å². The van der Waals surface area contributed by atoms with Gasteiger partial charge in [0.1, 0.15) is 5.75 Å². The van der Waals surface area contributed by atoms with E-state index in [1.165, 1.54) is 0 Å². The third-order valence-corrected chi connectivity index (χ3v) is 1.42. The zero-order valence-electron chi connectivity index (χ0n) is 13.2. The summed E-state index contributed by atoms with van der Waals surface area (Å²) in [4.78, 5) is 0. The molecule has 1 aromatic carbocycles. The Morgan fingerprint density at radius 2 is 1.44 bits per heavy atom. The molecular formula is C17H30O. The van der Waals surface area contributed by atoms with Gasteiger partial charge < -0.3 is 4.74 Å². The van der Waals surface area contributed by atoms with Gasteiger partial charge in [-0.05, 0) is 13.0 Å². The molecule has 0 bridgehead atoms. The standard InChI is InChI=1S/C11H12O.3C2H6/c1-4-10-7-5-6-8-11(10)12-9(2)3;3*1-2/h4-8H,1-2H2,3H3;3*1-2H3. The first kappa shape index (κ1) is 21.8. The number of allylic oxidation sites excluding steroid dienone is 1. The van der Waals surface area contributed by atoms with E-state index in [1.807, 2.05) is 72.7 Å². The zero-order valence-corrected chi connectivity index (χ0v) is 13.2. The minimum atomic E-state index is 0.685. The fourth-order valence-electron chi connectivity index (χ4n) is 0.930. The molecule has 1 aromatic rings. The highest BCUT2D eigenvalue weighted by Crippen LogP contribution is 2.20. The summed E-state index contributed by atoms with van der Waals surface area (Å²) in [5, 5.41) is 0. The molecule has 0 atom stereocenters.